The fourth-order valence-corrected chi connectivity index (χ4v) is 4.84. The molecule has 0 unspecified atom stereocenters. The van der Waals surface area contributed by atoms with Crippen LogP contribution in [0.2, 0.25) is 0 Å². The van der Waals surface area contributed by atoms with E-state index < -0.39 is 10.0 Å². The number of halogens is 1. The summed E-state index contributed by atoms with van der Waals surface area (Å²) in [6.45, 7) is 3.59. The first-order valence-corrected chi connectivity index (χ1v) is 10.7. The fraction of sp³-hybridized carbons (Fsp3) is 0.526. The summed E-state index contributed by atoms with van der Waals surface area (Å²) in [7, 11) is -3.41. The maximum Gasteiger partial charge on any atom is 0.243 e. The van der Waals surface area contributed by atoms with Crippen LogP contribution in [-0.2, 0) is 21.2 Å². The molecule has 2 N–H and O–H groups in total. The van der Waals surface area contributed by atoms with Crippen molar-refractivity contribution in [2.24, 2.45) is 0 Å². The summed E-state index contributed by atoms with van der Waals surface area (Å²) in [4.78, 5) is 12.4. The van der Waals surface area contributed by atoms with Crippen LogP contribution < -0.4 is 10.6 Å². The van der Waals surface area contributed by atoms with Crippen molar-refractivity contribution in [3.63, 3.8) is 0 Å². The molecule has 0 bridgehead atoms. The zero-order chi connectivity index (χ0) is 18.4. The monoisotopic (exact) mass is 413 g/mol. The van der Waals surface area contributed by atoms with Crippen molar-refractivity contribution < 1.29 is 13.2 Å². The van der Waals surface area contributed by atoms with E-state index in [0.29, 0.717) is 24.5 Å². The molecular formula is C19H28ClN3O3S. The van der Waals surface area contributed by atoms with Gasteiger partial charge in [0.25, 0.3) is 0 Å². The SMILES string of the molecule is Cl.O=C(Cc1ccc(S(=O)(=O)N2CCCCC2)cc1)NCC1=CCNCC1. The lowest BCUT2D eigenvalue weighted by Gasteiger charge is -2.25. The van der Waals surface area contributed by atoms with Gasteiger partial charge < -0.3 is 10.6 Å². The number of nitrogens with zero attached hydrogens (tertiary/aromatic N) is 1. The number of sulfonamides is 1. The first kappa shape index (κ1) is 21.9. The smallest absolute Gasteiger partial charge is 0.243 e. The highest BCUT2D eigenvalue weighted by Gasteiger charge is 2.25. The van der Waals surface area contributed by atoms with E-state index in [0.717, 1.165) is 44.3 Å². The van der Waals surface area contributed by atoms with Gasteiger partial charge in [-0.2, -0.15) is 4.31 Å². The van der Waals surface area contributed by atoms with E-state index in [2.05, 4.69) is 16.7 Å². The lowest BCUT2D eigenvalue weighted by Crippen LogP contribution is -2.35. The van der Waals surface area contributed by atoms with Crippen molar-refractivity contribution in [3.05, 3.63) is 41.5 Å². The summed E-state index contributed by atoms with van der Waals surface area (Å²) in [6.07, 6.45) is 6.27. The number of carbonyl (C=O) groups excluding carboxylic acids is 1. The number of piperidine rings is 1. The van der Waals surface area contributed by atoms with Gasteiger partial charge in [0.1, 0.15) is 0 Å². The molecule has 0 aliphatic carbocycles. The van der Waals surface area contributed by atoms with Crippen molar-refractivity contribution >= 4 is 28.3 Å². The van der Waals surface area contributed by atoms with E-state index in [9.17, 15) is 13.2 Å². The fourth-order valence-electron chi connectivity index (χ4n) is 3.32. The second-order valence-electron chi connectivity index (χ2n) is 6.88. The Bertz CT molecular complexity index is 757. The van der Waals surface area contributed by atoms with Crippen molar-refractivity contribution in [3.8, 4) is 0 Å². The van der Waals surface area contributed by atoms with E-state index >= 15 is 0 Å². The first-order chi connectivity index (χ1) is 12.6. The molecule has 2 aliphatic rings. The van der Waals surface area contributed by atoms with Crippen molar-refractivity contribution in [2.45, 2.75) is 37.0 Å². The van der Waals surface area contributed by atoms with Crippen LogP contribution in [0.1, 0.15) is 31.2 Å². The Balaban J connectivity index is 0.00000261. The van der Waals surface area contributed by atoms with E-state index in [1.165, 1.54) is 5.57 Å². The van der Waals surface area contributed by atoms with Gasteiger partial charge in [-0.05, 0) is 43.5 Å². The predicted molar refractivity (Wildman–Crippen MR) is 109 cm³/mol. The minimum Gasteiger partial charge on any atom is -0.352 e. The van der Waals surface area contributed by atoms with Gasteiger partial charge in [0.2, 0.25) is 15.9 Å². The minimum atomic E-state index is -3.41. The molecule has 3 rings (SSSR count). The van der Waals surface area contributed by atoms with Gasteiger partial charge in [-0.1, -0.05) is 30.2 Å². The largest absolute Gasteiger partial charge is 0.352 e. The van der Waals surface area contributed by atoms with Crippen LogP contribution in [0.4, 0.5) is 0 Å². The number of carbonyl (C=O) groups is 1. The highest BCUT2D eigenvalue weighted by Crippen LogP contribution is 2.21. The molecule has 2 heterocycles. The summed E-state index contributed by atoms with van der Waals surface area (Å²) < 4.78 is 26.8. The van der Waals surface area contributed by atoms with Gasteiger partial charge in [-0.3, -0.25) is 4.79 Å². The van der Waals surface area contributed by atoms with Gasteiger partial charge in [0, 0.05) is 26.2 Å². The quantitative estimate of drug-likeness (QED) is 0.698. The van der Waals surface area contributed by atoms with Gasteiger partial charge in [-0.15, -0.1) is 12.4 Å². The summed E-state index contributed by atoms with van der Waals surface area (Å²) in [5.74, 6) is -0.0453. The van der Waals surface area contributed by atoms with E-state index in [4.69, 9.17) is 0 Å². The predicted octanol–water partition coefficient (Wildman–Crippen LogP) is 1.86. The number of rotatable bonds is 6. The molecule has 0 spiro atoms. The van der Waals surface area contributed by atoms with Gasteiger partial charge in [0.05, 0.1) is 11.3 Å². The highest BCUT2D eigenvalue weighted by molar-refractivity contribution is 7.89. The average molecular weight is 414 g/mol. The lowest BCUT2D eigenvalue weighted by atomic mass is 10.1. The summed E-state index contributed by atoms with van der Waals surface area (Å²) in [5, 5.41) is 6.18. The Hall–Kier alpha value is -1.41. The maximum atomic E-state index is 12.6. The number of benzene rings is 1. The first-order valence-electron chi connectivity index (χ1n) is 9.30. The Labute approximate surface area is 167 Å². The van der Waals surface area contributed by atoms with Gasteiger partial charge in [0.15, 0.2) is 0 Å². The Morgan fingerprint density at radius 1 is 1.11 bits per heavy atom. The molecule has 6 nitrogen and oxygen atoms in total. The van der Waals surface area contributed by atoms with Crippen molar-refractivity contribution in [1.82, 2.24) is 14.9 Å². The normalized spacial score (nSPS) is 18.3. The van der Waals surface area contributed by atoms with Gasteiger partial charge in [-0.25, -0.2) is 8.42 Å². The highest BCUT2D eigenvalue weighted by atomic mass is 35.5. The van der Waals surface area contributed by atoms with Crippen LogP contribution in [0.25, 0.3) is 0 Å². The Morgan fingerprint density at radius 3 is 2.44 bits per heavy atom. The zero-order valence-corrected chi connectivity index (χ0v) is 17.1. The average Bonchev–Trinajstić information content (AvgIpc) is 2.68. The molecule has 0 radical (unpaired) electrons. The summed E-state index contributed by atoms with van der Waals surface area (Å²) in [6, 6.07) is 6.70. The van der Waals surface area contributed by atoms with Crippen molar-refractivity contribution in [1.29, 1.82) is 0 Å². The minimum absolute atomic E-state index is 0. The standard InChI is InChI=1S/C19H27N3O3S.ClH/c23-19(21-15-17-8-10-20-11-9-17)14-16-4-6-18(7-5-16)26(24,25)22-12-2-1-3-13-22;/h4-8,20H,1-3,9-15H2,(H,21,23);1H. The van der Waals surface area contributed by atoms with Crippen LogP contribution >= 0.6 is 12.4 Å². The maximum absolute atomic E-state index is 12.6. The van der Waals surface area contributed by atoms with Crippen LogP contribution in [0.3, 0.4) is 0 Å². The number of amides is 1. The van der Waals surface area contributed by atoms with E-state index in [1.807, 2.05) is 0 Å². The van der Waals surface area contributed by atoms with Crippen molar-refractivity contribution in [2.75, 3.05) is 32.7 Å². The molecule has 2 aliphatic heterocycles. The number of nitrogens with one attached hydrogen (secondary N) is 2. The molecule has 150 valence electrons. The molecule has 1 aromatic rings. The number of hydrogen-bond acceptors (Lipinski definition) is 4. The Morgan fingerprint density at radius 2 is 1.81 bits per heavy atom. The third-order valence-corrected chi connectivity index (χ3v) is 6.82. The second-order valence-corrected chi connectivity index (χ2v) is 8.82. The molecule has 27 heavy (non-hydrogen) atoms. The molecule has 1 amide bonds. The molecule has 1 fully saturated rings. The lowest BCUT2D eigenvalue weighted by molar-refractivity contribution is -0.120. The third kappa shape index (κ3) is 6.04. The molecule has 0 saturated carbocycles. The Kier molecular flexibility index (Phi) is 8.28. The molecule has 8 heteroatoms. The van der Waals surface area contributed by atoms with Crippen LogP contribution in [0, 0.1) is 0 Å². The summed E-state index contributed by atoms with van der Waals surface area (Å²) in [5.41, 5.74) is 2.07. The molecule has 0 aromatic heterocycles. The topological polar surface area (TPSA) is 78.5 Å². The molecule has 1 aromatic carbocycles. The third-order valence-electron chi connectivity index (χ3n) is 4.91. The van der Waals surface area contributed by atoms with Crippen LogP contribution in [0.5, 0.6) is 0 Å². The zero-order valence-electron chi connectivity index (χ0n) is 15.4. The summed E-state index contributed by atoms with van der Waals surface area (Å²) >= 11 is 0. The number of hydrogen-bond donors (Lipinski definition) is 2. The van der Waals surface area contributed by atoms with Gasteiger partial charge >= 0.3 is 0 Å². The van der Waals surface area contributed by atoms with Crippen LogP contribution in [-0.4, -0.2) is 51.4 Å². The van der Waals surface area contributed by atoms with E-state index in [1.54, 1.807) is 28.6 Å². The molecule has 1 saturated heterocycles. The second kappa shape index (κ2) is 10.2. The van der Waals surface area contributed by atoms with Crippen LogP contribution in [0.15, 0.2) is 40.8 Å². The molecular weight excluding hydrogens is 386 g/mol. The molecule has 0 atom stereocenters. The van der Waals surface area contributed by atoms with E-state index in [-0.39, 0.29) is 24.7 Å².